The molecule has 2 aromatic carbocycles. The summed E-state index contributed by atoms with van der Waals surface area (Å²) in [5.74, 6) is -1.88. The van der Waals surface area contributed by atoms with Crippen LogP contribution in [0.5, 0.6) is 0 Å². The lowest BCUT2D eigenvalue weighted by atomic mass is 9.86. The molecule has 1 heterocycles. The molecule has 0 unspecified atom stereocenters. The van der Waals surface area contributed by atoms with Crippen molar-refractivity contribution in [2.45, 2.75) is 39.8 Å². The van der Waals surface area contributed by atoms with Crippen molar-refractivity contribution in [1.29, 1.82) is 0 Å². The summed E-state index contributed by atoms with van der Waals surface area (Å²) in [6, 6.07) is 9.03. The van der Waals surface area contributed by atoms with E-state index in [4.69, 9.17) is 5.11 Å². The summed E-state index contributed by atoms with van der Waals surface area (Å²) < 4.78 is 28.8. The number of aliphatic hydroxyl groups is 1. The predicted octanol–water partition coefficient (Wildman–Crippen LogP) is 3.01. The number of carbonyl (C=O) groups excluding carboxylic acids is 2. The summed E-state index contributed by atoms with van der Waals surface area (Å²) in [5.41, 5.74) is 0.666. The van der Waals surface area contributed by atoms with E-state index in [2.05, 4.69) is 15.7 Å². The molecular formula is C24H28F2N4O3. The number of aromatic nitrogens is 2. The minimum absolute atomic E-state index is 0.0102. The van der Waals surface area contributed by atoms with E-state index in [1.165, 1.54) is 30.3 Å². The number of hydrogen-bond acceptors (Lipinski definition) is 4. The Kier molecular flexibility index (Phi) is 7.43. The van der Waals surface area contributed by atoms with E-state index in [1.54, 1.807) is 16.8 Å². The molecule has 3 aromatic rings. The standard InChI is InChI=1S/C24H28F2N4O3/c1-24(2,3)21(23(33)27-11-4-12-31)28-22(32)20-18-13-17(26)9-10-19(18)30(29-20)14-15-5-7-16(25)8-6-15/h5-10,13,21,31H,4,11-12,14H2,1-3H3,(H,27,33)(H,28,32)/t21-/m1/s1. The Morgan fingerprint density at radius 2 is 1.76 bits per heavy atom. The topological polar surface area (TPSA) is 96.2 Å². The number of aliphatic hydroxyl groups excluding tert-OH is 1. The van der Waals surface area contributed by atoms with E-state index in [0.29, 0.717) is 17.3 Å². The van der Waals surface area contributed by atoms with E-state index >= 15 is 0 Å². The van der Waals surface area contributed by atoms with Crippen LogP contribution in [0.15, 0.2) is 42.5 Å². The van der Waals surface area contributed by atoms with Crippen molar-refractivity contribution >= 4 is 22.7 Å². The van der Waals surface area contributed by atoms with Gasteiger partial charge in [-0.05, 0) is 47.7 Å². The summed E-state index contributed by atoms with van der Waals surface area (Å²) >= 11 is 0. The number of hydrogen-bond donors (Lipinski definition) is 3. The van der Waals surface area contributed by atoms with Crippen LogP contribution in [-0.4, -0.2) is 45.9 Å². The van der Waals surface area contributed by atoms with Crippen molar-refractivity contribution in [3.8, 4) is 0 Å². The fourth-order valence-electron chi connectivity index (χ4n) is 3.47. The second kappa shape index (κ2) is 10.1. The first kappa shape index (κ1) is 24.3. The molecule has 0 fully saturated rings. The molecule has 3 N–H and O–H groups in total. The Morgan fingerprint density at radius 3 is 2.39 bits per heavy atom. The van der Waals surface area contributed by atoms with Gasteiger partial charge in [0.15, 0.2) is 5.69 Å². The first-order valence-electron chi connectivity index (χ1n) is 10.7. The van der Waals surface area contributed by atoms with E-state index in [-0.39, 0.29) is 37.1 Å². The first-order chi connectivity index (χ1) is 15.6. The third kappa shape index (κ3) is 5.92. The molecule has 0 saturated heterocycles. The molecule has 9 heteroatoms. The lowest BCUT2D eigenvalue weighted by molar-refractivity contribution is -0.125. The molecule has 176 valence electrons. The molecule has 7 nitrogen and oxygen atoms in total. The molecule has 0 radical (unpaired) electrons. The van der Waals surface area contributed by atoms with E-state index in [0.717, 1.165) is 5.56 Å². The summed E-state index contributed by atoms with van der Waals surface area (Å²) in [4.78, 5) is 25.9. The van der Waals surface area contributed by atoms with Crippen molar-refractivity contribution in [3.05, 3.63) is 65.4 Å². The van der Waals surface area contributed by atoms with Crippen LogP contribution >= 0.6 is 0 Å². The molecule has 0 aliphatic rings. The zero-order chi connectivity index (χ0) is 24.2. The molecular weight excluding hydrogens is 430 g/mol. The predicted molar refractivity (Wildman–Crippen MR) is 121 cm³/mol. The largest absolute Gasteiger partial charge is 0.396 e. The zero-order valence-electron chi connectivity index (χ0n) is 18.9. The Labute approximate surface area is 190 Å². The van der Waals surface area contributed by atoms with Crippen LogP contribution in [0.25, 0.3) is 10.9 Å². The van der Waals surface area contributed by atoms with Crippen molar-refractivity contribution in [2.24, 2.45) is 5.41 Å². The molecule has 1 atom stereocenters. The third-order valence-electron chi connectivity index (χ3n) is 5.21. The second-order valence-electron chi connectivity index (χ2n) is 8.93. The number of amides is 2. The number of nitrogens with one attached hydrogen (secondary N) is 2. The quantitative estimate of drug-likeness (QED) is 0.452. The summed E-state index contributed by atoms with van der Waals surface area (Å²) in [7, 11) is 0. The van der Waals surface area contributed by atoms with Gasteiger partial charge in [-0.3, -0.25) is 14.3 Å². The normalized spacial score (nSPS) is 12.5. The highest BCUT2D eigenvalue weighted by molar-refractivity contribution is 6.06. The Bertz CT molecular complexity index is 1140. The van der Waals surface area contributed by atoms with E-state index in [9.17, 15) is 18.4 Å². The van der Waals surface area contributed by atoms with Crippen molar-refractivity contribution < 1.29 is 23.5 Å². The van der Waals surface area contributed by atoms with E-state index in [1.807, 2.05) is 20.8 Å². The highest BCUT2D eigenvalue weighted by Crippen LogP contribution is 2.24. The molecule has 1 aromatic heterocycles. The summed E-state index contributed by atoms with van der Waals surface area (Å²) in [6.07, 6.45) is 0.397. The molecule has 0 spiro atoms. The van der Waals surface area contributed by atoms with Gasteiger partial charge < -0.3 is 15.7 Å². The number of nitrogens with zero attached hydrogens (tertiary/aromatic N) is 2. The van der Waals surface area contributed by atoms with Crippen LogP contribution in [0.2, 0.25) is 0 Å². The average molecular weight is 459 g/mol. The number of benzene rings is 2. The van der Waals surface area contributed by atoms with Crippen LogP contribution in [0.4, 0.5) is 8.78 Å². The van der Waals surface area contributed by atoms with Crippen molar-refractivity contribution in [1.82, 2.24) is 20.4 Å². The molecule has 0 saturated carbocycles. The number of rotatable bonds is 8. The number of halogens is 2. The molecule has 0 bridgehead atoms. The fourth-order valence-corrected chi connectivity index (χ4v) is 3.47. The fraction of sp³-hybridized carbons (Fsp3) is 0.375. The van der Waals surface area contributed by atoms with Crippen LogP contribution in [-0.2, 0) is 11.3 Å². The second-order valence-corrected chi connectivity index (χ2v) is 8.93. The third-order valence-corrected chi connectivity index (χ3v) is 5.21. The van der Waals surface area contributed by atoms with Gasteiger partial charge >= 0.3 is 0 Å². The Balaban J connectivity index is 1.92. The minimum Gasteiger partial charge on any atom is -0.396 e. The lowest BCUT2D eigenvalue weighted by Crippen LogP contribution is -2.53. The number of fused-ring (bicyclic) bond motifs is 1. The highest BCUT2D eigenvalue weighted by atomic mass is 19.1. The SMILES string of the molecule is CC(C)(C)[C@H](NC(=O)c1nn(Cc2ccc(F)cc2)c2ccc(F)cc12)C(=O)NCCCO. The first-order valence-corrected chi connectivity index (χ1v) is 10.7. The molecule has 3 rings (SSSR count). The van der Waals surface area contributed by atoms with Gasteiger partial charge in [0.2, 0.25) is 5.91 Å². The van der Waals surface area contributed by atoms with Crippen LogP contribution in [0.3, 0.4) is 0 Å². The van der Waals surface area contributed by atoms with E-state index < -0.39 is 23.2 Å². The van der Waals surface area contributed by atoms with Gasteiger partial charge in [-0.1, -0.05) is 32.9 Å². The van der Waals surface area contributed by atoms with Crippen molar-refractivity contribution in [2.75, 3.05) is 13.2 Å². The number of carbonyl (C=O) groups is 2. The minimum atomic E-state index is -0.880. The monoisotopic (exact) mass is 458 g/mol. The van der Waals surface area contributed by atoms with Gasteiger partial charge in [-0.2, -0.15) is 5.10 Å². The Morgan fingerprint density at radius 1 is 1.09 bits per heavy atom. The highest BCUT2D eigenvalue weighted by Gasteiger charge is 2.34. The summed E-state index contributed by atoms with van der Waals surface area (Å²) in [6.45, 7) is 5.91. The van der Waals surface area contributed by atoms with Gasteiger partial charge in [0.1, 0.15) is 17.7 Å². The molecule has 2 amide bonds. The molecule has 0 aliphatic heterocycles. The maximum atomic E-state index is 14.0. The van der Waals surface area contributed by atoms with Gasteiger partial charge in [0, 0.05) is 18.5 Å². The van der Waals surface area contributed by atoms with Crippen LogP contribution in [0, 0.1) is 17.0 Å². The zero-order valence-corrected chi connectivity index (χ0v) is 18.9. The average Bonchev–Trinajstić information content (AvgIpc) is 3.10. The van der Waals surface area contributed by atoms with Gasteiger partial charge in [0.25, 0.3) is 5.91 Å². The maximum absolute atomic E-state index is 14.0. The molecule has 33 heavy (non-hydrogen) atoms. The summed E-state index contributed by atoms with van der Waals surface area (Å²) in [5, 5.41) is 19.1. The maximum Gasteiger partial charge on any atom is 0.273 e. The van der Waals surface area contributed by atoms with Crippen molar-refractivity contribution in [3.63, 3.8) is 0 Å². The molecule has 0 aliphatic carbocycles. The van der Waals surface area contributed by atoms with Gasteiger partial charge in [0.05, 0.1) is 12.1 Å². The van der Waals surface area contributed by atoms with Gasteiger partial charge in [-0.15, -0.1) is 0 Å². The van der Waals surface area contributed by atoms with Crippen LogP contribution in [0.1, 0.15) is 43.2 Å². The Hall–Kier alpha value is -3.33. The van der Waals surface area contributed by atoms with Crippen LogP contribution < -0.4 is 10.6 Å². The lowest BCUT2D eigenvalue weighted by Gasteiger charge is -2.30. The van der Waals surface area contributed by atoms with Gasteiger partial charge in [-0.25, -0.2) is 8.78 Å². The smallest absolute Gasteiger partial charge is 0.273 e.